The summed E-state index contributed by atoms with van der Waals surface area (Å²) in [6.07, 6.45) is 3.75. The molecule has 4 aromatic rings. The quantitative estimate of drug-likeness (QED) is 0.235. The van der Waals surface area contributed by atoms with Gasteiger partial charge in [0.15, 0.2) is 12.4 Å². The second-order valence-corrected chi connectivity index (χ2v) is 7.73. The van der Waals surface area contributed by atoms with Crippen molar-refractivity contribution >= 4 is 39.8 Å². The van der Waals surface area contributed by atoms with Gasteiger partial charge >= 0.3 is 0 Å². The number of quaternary nitrogens is 1. The third-order valence-corrected chi connectivity index (χ3v) is 4.73. The van der Waals surface area contributed by atoms with Crippen LogP contribution in [-0.4, -0.2) is 29.5 Å². The number of aromatic nitrogens is 1. The molecule has 22 nitrogen and oxygen atoms in total. The standard InChI is InChI=1S/2C6H3N3O7.C6H7N.C5H5N/c2*10-6-4(8(13)14)1-3(7(11)12)2-5(6)9(15)16;7-6-4-2-1-3-5-6;1-2-4-6-5-3-1/h2*1-2,10H;1-5H,7H2;1-5H. The molecule has 0 radical (unpaired) electrons. The number of nitrogens with zero attached hydrogens (tertiary/aromatic N) is 6. The molecule has 0 saturated carbocycles. The van der Waals surface area contributed by atoms with Crippen molar-refractivity contribution in [3.63, 3.8) is 0 Å². The van der Waals surface area contributed by atoms with E-state index in [-0.39, 0.29) is 0 Å². The summed E-state index contributed by atoms with van der Waals surface area (Å²) in [6.45, 7) is 0. The van der Waals surface area contributed by atoms with Crippen molar-refractivity contribution in [3.05, 3.63) is 146 Å². The van der Waals surface area contributed by atoms with Gasteiger partial charge in [0.25, 0.3) is 34.1 Å². The highest BCUT2D eigenvalue weighted by Gasteiger charge is 2.25. The number of nitrogens with one attached hydrogen (secondary N) is 1. The van der Waals surface area contributed by atoms with Gasteiger partial charge < -0.3 is 15.9 Å². The Labute approximate surface area is 248 Å². The Morgan fingerprint density at radius 1 is 0.467 bits per heavy atom. The molecule has 0 spiro atoms. The summed E-state index contributed by atoms with van der Waals surface area (Å²) in [5, 5.41) is 84.2. The minimum atomic E-state index is -1.46. The number of hydrogen-bond acceptors (Lipinski definition) is 14. The summed E-state index contributed by atoms with van der Waals surface area (Å²) in [5.41, 5.74) is -1.74. The number of pyridine rings is 1. The van der Waals surface area contributed by atoms with E-state index < -0.39 is 75.2 Å². The van der Waals surface area contributed by atoms with Crippen LogP contribution in [0.3, 0.4) is 0 Å². The lowest BCUT2D eigenvalue weighted by Gasteiger charge is -2.06. The Morgan fingerprint density at radius 3 is 0.911 bits per heavy atom. The molecule has 0 bridgehead atoms. The van der Waals surface area contributed by atoms with Crippen LogP contribution in [-0.2, 0) is 0 Å². The van der Waals surface area contributed by atoms with Crippen molar-refractivity contribution < 1.29 is 50.5 Å². The van der Waals surface area contributed by atoms with Crippen LogP contribution in [0.4, 0.5) is 39.8 Å². The first-order valence-corrected chi connectivity index (χ1v) is 11.4. The molecule has 0 unspecified atom stereocenters. The van der Waals surface area contributed by atoms with Crippen molar-refractivity contribution in [1.29, 1.82) is 0 Å². The zero-order chi connectivity index (χ0) is 34.3. The first-order valence-electron chi connectivity index (χ1n) is 11.4. The van der Waals surface area contributed by atoms with Crippen LogP contribution in [0.2, 0.25) is 0 Å². The monoisotopic (exact) mass is 630 g/mol. The van der Waals surface area contributed by atoms with Crippen molar-refractivity contribution in [2.45, 2.75) is 0 Å². The maximum Gasteiger partial charge on any atom is 0.283 e. The summed E-state index contributed by atoms with van der Waals surface area (Å²) < 4.78 is 0. The summed E-state index contributed by atoms with van der Waals surface area (Å²) in [7, 11) is 0. The van der Waals surface area contributed by atoms with Crippen LogP contribution in [0.1, 0.15) is 0 Å². The van der Waals surface area contributed by atoms with E-state index >= 15 is 0 Å². The van der Waals surface area contributed by atoms with E-state index in [1.54, 1.807) is 0 Å². The predicted molar refractivity (Wildman–Crippen MR) is 144 cm³/mol. The summed E-state index contributed by atoms with van der Waals surface area (Å²) in [6, 6.07) is 17.3. The van der Waals surface area contributed by atoms with Crippen LogP contribution in [0.15, 0.2) is 85.2 Å². The van der Waals surface area contributed by atoms with E-state index in [1.165, 1.54) is 0 Å². The number of aromatic amines is 1. The Kier molecular flexibility index (Phi) is 13.4. The lowest BCUT2D eigenvalue weighted by atomic mass is 10.2. The molecule has 1 heterocycles. The number of non-ortho nitro benzene ring substituents is 2. The zero-order valence-corrected chi connectivity index (χ0v) is 22.2. The number of nitro groups is 6. The Bertz CT molecular complexity index is 1520. The normalized spacial score (nSPS) is 9.36. The highest BCUT2D eigenvalue weighted by Crippen LogP contribution is 2.37. The zero-order valence-electron chi connectivity index (χ0n) is 22.2. The first kappa shape index (κ1) is 35.8. The molecule has 4 N–H and O–H groups in total. The Balaban J connectivity index is 0.000000324. The molecule has 4 rings (SSSR count). The van der Waals surface area contributed by atoms with Gasteiger partial charge in [-0.15, -0.1) is 0 Å². The third-order valence-electron chi connectivity index (χ3n) is 4.73. The minimum absolute atomic E-state index is 0.384. The fraction of sp³-hybridized carbons (Fsp3) is 0. The maximum absolute atomic E-state index is 11.1. The number of rotatable bonds is 6. The fourth-order valence-electron chi connectivity index (χ4n) is 2.74. The SMILES string of the molecule is O=[N+]([O-])c1cc([N+](=O)[O-])c([O-])c([N+](=O)[O-])c1.O=[N+]([O-])c1cc([N+](=O)[O-])c([O-])c([N+](=O)[O-])c1.[NH3+]c1ccccc1.c1cc[nH+]cc1. The van der Waals surface area contributed by atoms with E-state index in [9.17, 15) is 70.9 Å². The molecule has 3 aromatic carbocycles. The van der Waals surface area contributed by atoms with Crippen molar-refractivity contribution in [3.8, 4) is 11.5 Å². The molecule has 1 aromatic heterocycles. The molecule has 234 valence electrons. The minimum Gasteiger partial charge on any atom is -0.863 e. The van der Waals surface area contributed by atoms with Gasteiger partial charge in [0, 0.05) is 12.1 Å². The average Bonchev–Trinajstić information content (AvgIpc) is 2.98. The smallest absolute Gasteiger partial charge is 0.283 e. The second kappa shape index (κ2) is 16.9. The van der Waals surface area contributed by atoms with Gasteiger partial charge in [0.1, 0.15) is 5.69 Å². The largest absolute Gasteiger partial charge is 0.863 e. The van der Waals surface area contributed by atoms with E-state index in [0.717, 1.165) is 5.69 Å². The van der Waals surface area contributed by atoms with Gasteiger partial charge in [-0.2, -0.15) is 0 Å². The molecular weight excluding hydrogens is 612 g/mol. The van der Waals surface area contributed by atoms with Crippen LogP contribution < -0.4 is 20.9 Å². The Hall–Kier alpha value is -7.23. The lowest BCUT2D eigenvalue weighted by Crippen LogP contribution is -2.39. The van der Waals surface area contributed by atoms with Gasteiger partial charge in [-0.05, 0) is 12.1 Å². The van der Waals surface area contributed by atoms with Crippen LogP contribution in [0, 0.1) is 60.7 Å². The first-order chi connectivity index (χ1) is 21.1. The molecule has 0 aliphatic heterocycles. The molecule has 22 heteroatoms. The molecule has 0 amide bonds. The summed E-state index contributed by atoms with van der Waals surface area (Å²) in [5.74, 6) is -2.92. The van der Waals surface area contributed by atoms with Gasteiger partial charge in [0.05, 0.1) is 65.3 Å². The van der Waals surface area contributed by atoms with Crippen molar-refractivity contribution in [2.24, 2.45) is 0 Å². The van der Waals surface area contributed by atoms with Gasteiger partial charge in [-0.25, -0.2) is 4.98 Å². The summed E-state index contributed by atoms with van der Waals surface area (Å²) in [4.78, 5) is 57.9. The summed E-state index contributed by atoms with van der Waals surface area (Å²) >= 11 is 0. The highest BCUT2D eigenvalue weighted by molar-refractivity contribution is 5.64. The van der Waals surface area contributed by atoms with Crippen LogP contribution in [0.5, 0.6) is 11.5 Å². The molecule has 0 fully saturated rings. The van der Waals surface area contributed by atoms with E-state index in [2.05, 4.69) is 10.7 Å². The number of H-pyrrole nitrogens is 1. The number of benzene rings is 3. The van der Waals surface area contributed by atoms with E-state index in [0.29, 0.717) is 24.3 Å². The van der Waals surface area contributed by atoms with Crippen molar-refractivity contribution in [1.82, 2.24) is 0 Å². The van der Waals surface area contributed by atoms with Crippen molar-refractivity contribution in [2.75, 3.05) is 0 Å². The highest BCUT2D eigenvalue weighted by atomic mass is 16.7. The van der Waals surface area contributed by atoms with Crippen LogP contribution in [0.25, 0.3) is 0 Å². The van der Waals surface area contributed by atoms with Crippen LogP contribution >= 0.6 is 0 Å². The Morgan fingerprint density at radius 2 is 0.756 bits per heavy atom. The van der Waals surface area contributed by atoms with Gasteiger partial charge in [0.2, 0.25) is 0 Å². The van der Waals surface area contributed by atoms with E-state index in [4.69, 9.17) is 0 Å². The molecular formula is C23H18N8O14. The number of hydrogen-bond donors (Lipinski definition) is 1. The molecule has 0 aliphatic rings. The molecule has 0 atom stereocenters. The predicted octanol–water partition coefficient (Wildman–Crippen LogP) is 2.03. The second-order valence-electron chi connectivity index (χ2n) is 7.73. The van der Waals surface area contributed by atoms with Gasteiger partial charge in [-0.1, -0.05) is 24.3 Å². The van der Waals surface area contributed by atoms with E-state index in [1.807, 2.05) is 60.9 Å². The number of nitro benzene ring substituents is 6. The third kappa shape index (κ3) is 11.3. The maximum atomic E-state index is 11.1. The van der Waals surface area contributed by atoms with Gasteiger partial charge in [-0.3, -0.25) is 60.7 Å². The fourth-order valence-corrected chi connectivity index (χ4v) is 2.74. The molecule has 45 heavy (non-hydrogen) atoms. The lowest BCUT2D eigenvalue weighted by molar-refractivity contribution is -0.420. The average molecular weight is 630 g/mol. The molecule has 0 saturated heterocycles. The topological polar surface area (TPSA) is 347 Å². The molecule has 0 aliphatic carbocycles.